The molecule has 5 nitrogen and oxygen atoms in total. The van der Waals surface area contributed by atoms with Gasteiger partial charge in [-0.25, -0.2) is 0 Å². The molecule has 0 spiro atoms. The first-order chi connectivity index (χ1) is 13.1. The molecule has 146 valence electrons. The van der Waals surface area contributed by atoms with Crippen LogP contribution < -0.4 is 4.90 Å². The van der Waals surface area contributed by atoms with Crippen molar-refractivity contribution >= 4 is 29.1 Å². The molecule has 2 unspecified atom stereocenters. The van der Waals surface area contributed by atoms with Gasteiger partial charge in [0.2, 0.25) is 11.8 Å². The van der Waals surface area contributed by atoms with Crippen molar-refractivity contribution in [1.82, 2.24) is 9.80 Å². The minimum absolute atomic E-state index is 0.0208. The number of anilines is 1. The maximum Gasteiger partial charge on any atom is 0.233 e. The highest BCUT2D eigenvalue weighted by Crippen LogP contribution is 2.38. The number of amides is 2. The number of hydrogen-bond donors (Lipinski definition) is 0. The first kappa shape index (κ1) is 18.8. The summed E-state index contributed by atoms with van der Waals surface area (Å²) in [6.45, 7) is 5.48. The Kier molecular flexibility index (Phi) is 5.69. The van der Waals surface area contributed by atoms with Gasteiger partial charge in [0, 0.05) is 43.4 Å². The van der Waals surface area contributed by atoms with E-state index < -0.39 is 0 Å². The molecule has 6 heteroatoms. The Morgan fingerprint density at radius 1 is 0.926 bits per heavy atom. The fourth-order valence-electron chi connectivity index (χ4n) is 4.81. The second-order valence-electron chi connectivity index (χ2n) is 7.99. The van der Waals surface area contributed by atoms with Crippen LogP contribution in [0.4, 0.5) is 5.69 Å². The summed E-state index contributed by atoms with van der Waals surface area (Å²) in [6, 6.07) is 8.01. The molecule has 2 heterocycles. The summed E-state index contributed by atoms with van der Waals surface area (Å²) in [5.41, 5.74) is 1.18. The van der Waals surface area contributed by atoms with Crippen molar-refractivity contribution in [2.45, 2.75) is 32.1 Å². The zero-order chi connectivity index (χ0) is 18.8. The maximum absolute atomic E-state index is 12.5. The third-order valence-corrected chi connectivity index (χ3v) is 6.57. The number of carbonyl (C=O) groups is 2. The molecule has 0 aromatic heterocycles. The van der Waals surface area contributed by atoms with E-state index in [4.69, 9.17) is 11.6 Å². The zero-order valence-electron chi connectivity index (χ0n) is 15.8. The first-order valence-corrected chi connectivity index (χ1v) is 10.6. The Balaban J connectivity index is 1.23. The van der Waals surface area contributed by atoms with Gasteiger partial charge in [-0.2, -0.15) is 0 Å². The van der Waals surface area contributed by atoms with E-state index in [0.29, 0.717) is 6.54 Å². The second kappa shape index (κ2) is 8.19. The van der Waals surface area contributed by atoms with Crippen molar-refractivity contribution in [3.8, 4) is 0 Å². The van der Waals surface area contributed by atoms with E-state index in [9.17, 15) is 9.59 Å². The van der Waals surface area contributed by atoms with E-state index in [1.807, 2.05) is 18.2 Å². The molecule has 0 bridgehead atoms. The largest absolute Gasteiger partial charge is 0.369 e. The van der Waals surface area contributed by atoms with E-state index in [1.54, 1.807) is 4.90 Å². The maximum atomic E-state index is 12.5. The minimum atomic E-state index is -0.0208. The van der Waals surface area contributed by atoms with E-state index in [-0.39, 0.29) is 23.7 Å². The topological polar surface area (TPSA) is 43.9 Å². The third-order valence-electron chi connectivity index (χ3n) is 6.33. The molecule has 0 radical (unpaired) electrons. The number of imide groups is 1. The lowest BCUT2D eigenvalue weighted by molar-refractivity contribution is -0.140. The van der Waals surface area contributed by atoms with E-state index in [1.165, 1.54) is 5.69 Å². The Hall–Kier alpha value is -1.59. The van der Waals surface area contributed by atoms with Crippen LogP contribution in [0.2, 0.25) is 5.02 Å². The van der Waals surface area contributed by atoms with Gasteiger partial charge in [-0.05, 0) is 44.0 Å². The molecule has 3 aliphatic rings. The molecule has 1 saturated carbocycles. The third kappa shape index (κ3) is 3.99. The summed E-state index contributed by atoms with van der Waals surface area (Å²) < 4.78 is 0. The monoisotopic (exact) mass is 389 g/mol. The van der Waals surface area contributed by atoms with Crippen molar-refractivity contribution in [2.24, 2.45) is 11.8 Å². The van der Waals surface area contributed by atoms with E-state index in [2.05, 4.69) is 15.9 Å². The highest BCUT2D eigenvalue weighted by Gasteiger charge is 2.47. The average molecular weight is 390 g/mol. The quantitative estimate of drug-likeness (QED) is 0.726. The predicted molar refractivity (Wildman–Crippen MR) is 107 cm³/mol. The van der Waals surface area contributed by atoms with Crippen LogP contribution in [0.15, 0.2) is 24.3 Å². The number of fused-ring (bicyclic) bond motifs is 1. The Labute approximate surface area is 166 Å². The van der Waals surface area contributed by atoms with Crippen molar-refractivity contribution in [1.29, 1.82) is 0 Å². The SMILES string of the molecule is O=C1C2CCCCC2C(=O)N1CCCN1CCN(c2cccc(Cl)c2)CC1. The molecule has 2 atom stereocenters. The van der Waals surface area contributed by atoms with Gasteiger partial charge in [-0.15, -0.1) is 0 Å². The number of halogens is 1. The summed E-state index contributed by atoms with van der Waals surface area (Å²) in [7, 11) is 0. The highest BCUT2D eigenvalue weighted by atomic mass is 35.5. The number of likely N-dealkylation sites (tertiary alicyclic amines) is 1. The van der Waals surface area contributed by atoms with Gasteiger partial charge in [0.05, 0.1) is 11.8 Å². The Morgan fingerprint density at radius 3 is 2.22 bits per heavy atom. The van der Waals surface area contributed by atoms with Crippen LogP contribution in [-0.4, -0.2) is 60.9 Å². The average Bonchev–Trinajstić information content (AvgIpc) is 2.94. The zero-order valence-corrected chi connectivity index (χ0v) is 16.5. The van der Waals surface area contributed by atoms with Gasteiger partial charge in [0.15, 0.2) is 0 Å². The number of piperazine rings is 1. The number of carbonyl (C=O) groups excluding carboxylic acids is 2. The number of hydrogen-bond acceptors (Lipinski definition) is 4. The summed E-state index contributed by atoms with van der Waals surface area (Å²) >= 11 is 6.10. The Bertz CT molecular complexity index is 678. The minimum Gasteiger partial charge on any atom is -0.369 e. The van der Waals surface area contributed by atoms with Gasteiger partial charge < -0.3 is 4.90 Å². The van der Waals surface area contributed by atoms with Crippen LogP contribution in [0, 0.1) is 11.8 Å². The summed E-state index contributed by atoms with van der Waals surface area (Å²) in [5, 5.41) is 0.774. The summed E-state index contributed by atoms with van der Waals surface area (Å²) in [4.78, 5) is 31.4. The first-order valence-electron chi connectivity index (χ1n) is 10.2. The smallest absolute Gasteiger partial charge is 0.233 e. The molecular weight excluding hydrogens is 362 g/mol. The van der Waals surface area contributed by atoms with Crippen LogP contribution in [0.5, 0.6) is 0 Å². The van der Waals surface area contributed by atoms with Crippen LogP contribution in [0.1, 0.15) is 32.1 Å². The highest BCUT2D eigenvalue weighted by molar-refractivity contribution is 6.30. The molecule has 4 rings (SSSR count). The van der Waals surface area contributed by atoms with Crippen molar-refractivity contribution in [3.05, 3.63) is 29.3 Å². The molecule has 2 aliphatic heterocycles. The lowest BCUT2D eigenvalue weighted by Gasteiger charge is -2.36. The van der Waals surface area contributed by atoms with Crippen LogP contribution >= 0.6 is 11.6 Å². The van der Waals surface area contributed by atoms with E-state index >= 15 is 0 Å². The van der Waals surface area contributed by atoms with Gasteiger partial charge >= 0.3 is 0 Å². The van der Waals surface area contributed by atoms with Gasteiger partial charge in [0.25, 0.3) is 0 Å². The Morgan fingerprint density at radius 2 is 1.59 bits per heavy atom. The number of benzene rings is 1. The van der Waals surface area contributed by atoms with E-state index in [0.717, 1.165) is 69.9 Å². The summed E-state index contributed by atoms with van der Waals surface area (Å²) in [5.74, 6) is 0.144. The molecule has 2 saturated heterocycles. The fourth-order valence-corrected chi connectivity index (χ4v) is 4.99. The molecule has 2 amide bonds. The molecule has 3 fully saturated rings. The molecule has 1 aromatic carbocycles. The van der Waals surface area contributed by atoms with Crippen molar-refractivity contribution < 1.29 is 9.59 Å². The van der Waals surface area contributed by atoms with Gasteiger partial charge in [-0.3, -0.25) is 19.4 Å². The number of rotatable bonds is 5. The molecule has 0 N–H and O–H groups in total. The van der Waals surface area contributed by atoms with Crippen LogP contribution in [-0.2, 0) is 9.59 Å². The van der Waals surface area contributed by atoms with Crippen molar-refractivity contribution in [2.75, 3.05) is 44.2 Å². The summed E-state index contributed by atoms with van der Waals surface area (Å²) in [6.07, 6.45) is 4.85. The predicted octanol–water partition coefficient (Wildman–Crippen LogP) is 3.03. The van der Waals surface area contributed by atoms with Crippen molar-refractivity contribution in [3.63, 3.8) is 0 Å². The van der Waals surface area contributed by atoms with Crippen LogP contribution in [0.3, 0.4) is 0 Å². The second-order valence-corrected chi connectivity index (χ2v) is 8.42. The molecule has 1 aromatic rings. The van der Waals surface area contributed by atoms with Crippen LogP contribution in [0.25, 0.3) is 0 Å². The standard InChI is InChI=1S/C21H28ClN3O2/c22-16-5-3-6-17(15-16)24-13-11-23(12-14-24)9-4-10-25-20(26)18-7-1-2-8-19(18)21(25)27/h3,5-6,15,18-19H,1-2,4,7-14H2. The lowest BCUT2D eigenvalue weighted by atomic mass is 9.81. The molecule has 27 heavy (non-hydrogen) atoms. The normalized spacial score (nSPS) is 26.6. The van der Waals surface area contributed by atoms with Gasteiger partial charge in [-0.1, -0.05) is 30.5 Å². The molecular formula is C21H28ClN3O2. The number of nitrogens with zero attached hydrogens (tertiary/aromatic N) is 3. The lowest BCUT2D eigenvalue weighted by Crippen LogP contribution is -2.47. The molecule has 1 aliphatic carbocycles. The van der Waals surface area contributed by atoms with Gasteiger partial charge in [0.1, 0.15) is 0 Å². The fraction of sp³-hybridized carbons (Fsp3) is 0.619.